The molecule has 0 fully saturated rings. The van der Waals surface area contributed by atoms with Crippen molar-refractivity contribution in [1.29, 1.82) is 0 Å². The molecule has 6 nitrogen and oxygen atoms in total. The molecular weight excluding hydrogens is 444 g/mol. The van der Waals surface area contributed by atoms with Gasteiger partial charge in [0, 0.05) is 18.8 Å². The lowest BCUT2D eigenvalue weighted by molar-refractivity contribution is 0.391. The van der Waals surface area contributed by atoms with Crippen molar-refractivity contribution in [2.24, 2.45) is 0 Å². The van der Waals surface area contributed by atoms with Crippen LogP contribution in [0.15, 0.2) is 71.6 Å². The third kappa shape index (κ3) is 5.03. The second-order valence-corrected chi connectivity index (χ2v) is 11.9. The van der Waals surface area contributed by atoms with E-state index in [0.717, 1.165) is 22.3 Å². The summed E-state index contributed by atoms with van der Waals surface area (Å²) in [5.41, 5.74) is 5.04. The van der Waals surface area contributed by atoms with Crippen LogP contribution in [0.25, 0.3) is 0 Å². The molecule has 0 aliphatic carbocycles. The largest absolute Gasteiger partial charge is 0.283 e. The van der Waals surface area contributed by atoms with Crippen LogP contribution in [0.5, 0.6) is 0 Å². The lowest BCUT2D eigenvalue weighted by Gasteiger charge is -2.28. The molecule has 0 amide bonds. The van der Waals surface area contributed by atoms with Gasteiger partial charge in [-0.3, -0.25) is 4.72 Å². The molecule has 0 radical (unpaired) electrons. The summed E-state index contributed by atoms with van der Waals surface area (Å²) in [7, 11) is -7.22. The highest BCUT2D eigenvalue weighted by molar-refractivity contribution is 7.91. The van der Waals surface area contributed by atoms with Crippen LogP contribution in [0.3, 0.4) is 0 Å². The molecule has 3 aromatic rings. The van der Waals surface area contributed by atoms with Crippen LogP contribution < -0.4 is 4.72 Å². The van der Waals surface area contributed by atoms with Crippen LogP contribution in [0.1, 0.15) is 27.8 Å². The Morgan fingerprint density at radius 2 is 1.44 bits per heavy atom. The minimum Gasteiger partial charge on any atom is -0.283 e. The van der Waals surface area contributed by atoms with E-state index in [-0.39, 0.29) is 17.2 Å². The average Bonchev–Trinajstić information content (AvgIpc) is 2.74. The Kier molecular flexibility index (Phi) is 6.11. The summed E-state index contributed by atoms with van der Waals surface area (Å²) in [6, 6.07) is 19.5. The second-order valence-electron chi connectivity index (χ2n) is 8.23. The van der Waals surface area contributed by atoms with E-state index in [1.54, 1.807) is 48.5 Å². The number of benzene rings is 3. The molecule has 0 unspecified atom stereocenters. The lowest BCUT2D eigenvalue weighted by Crippen LogP contribution is -2.36. The van der Waals surface area contributed by atoms with Crippen LogP contribution in [-0.4, -0.2) is 27.7 Å². The van der Waals surface area contributed by atoms with E-state index in [0.29, 0.717) is 24.2 Å². The maximum Gasteiger partial charge on any atom is 0.243 e. The molecule has 0 saturated heterocycles. The molecule has 1 heterocycles. The summed E-state index contributed by atoms with van der Waals surface area (Å²) in [5, 5.41) is 0. The van der Waals surface area contributed by atoms with Crippen LogP contribution in [0.2, 0.25) is 0 Å². The van der Waals surface area contributed by atoms with Crippen LogP contribution in [-0.2, 0) is 38.8 Å². The topological polar surface area (TPSA) is 83.6 Å². The van der Waals surface area contributed by atoms with Gasteiger partial charge >= 0.3 is 0 Å². The fraction of sp³-hybridized carbons (Fsp3) is 0.250. The van der Waals surface area contributed by atoms with Gasteiger partial charge in [0.2, 0.25) is 20.0 Å². The zero-order valence-electron chi connectivity index (χ0n) is 18.1. The van der Waals surface area contributed by atoms with Crippen LogP contribution in [0, 0.1) is 13.8 Å². The Morgan fingerprint density at radius 1 is 0.812 bits per heavy atom. The standard InChI is InChI=1S/C24H26N2O4S2/c1-18-3-7-20(8-4-18)17-31(27,28)25-23-10-9-21-13-14-26(16-22(21)15-23)32(29,30)24-11-5-19(2)6-12-24/h3-12,15,25H,13-14,16-17H2,1-2H3. The summed E-state index contributed by atoms with van der Waals surface area (Å²) >= 11 is 0. The van der Waals surface area contributed by atoms with Gasteiger partial charge in [-0.1, -0.05) is 53.6 Å². The average molecular weight is 471 g/mol. The van der Waals surface area contributed by atoms with Crippen LogP contribution >= 0.6 is 0 Å². The third-order valence-electron chi connectivity index (χ3n) is 5.59. The molecule has 1 aliphatic rings. The Bertz CT molecular complexity index is 1330. The van der Waals surface area contributed by atoms with Crippen molar-refractivity contribution in [2.45, 2.75) is 37.5 Å². The third-order valence-corrected chi connectivity index (χ3v) is 8.71. The Labute approximate surface area is 190 Å². The van der Waals surface area contributed by atoms with Crippen molar-refractivity contribution in [1.82, 2.24) is 4.31 Å². The number of rotatable bonds is 6. The van der Waals surface area contributed by atoms with E-state index in [4.69, 9.17) is 0 Å². The normalized spacial score (nSPS) is 14.7. The van der Waals surface area contributed by atoms with Crippen molar-refractivity contribution in [3.63, 3.8) is 0 Å². The highest BCUT2D eigenvalue weighted by atomic mass is 32.2. The number of fused-ring (bicyclic) bond motifs is 1. The van der Waals surface area contributed by atoms with Gasteiger partial charge in [0.25, 0.3) is 0 Å². The van der Waals surface area contributed by atoms with Crippen molar-refractivity contribution in [2.75, 3.05) is 11.3 Å². The van der Waals surface area contributed by atoms with E-state index in [9.17, 15) is 16.8 Å². The minimum atomic E-state index is -3.62. The number of hydrogen-bond donors (Lipinski definition) is 1. The summed E-state index contributed by atoms with van der Waals surface area (Å²) in [4.78, 5) is 0.265. The first-order chi connectivity index (χ1) is 15.1. The maximum absolute atomic E-state index is 13.1. The van der Waals surface area contributed by atoms with E-state index in [2.05, 4.69) is 4.72 Å². The summed E-state index contributed by atoms with van der Waals surface area (Å²) < 4.78 is 55.5. The highest BCUT2D eigenvalue weighted by Crippen LogP contribution is 2.28. The van der Waals surface area contributed by atoms with Gasteiger partial charge in [0.1, 0.15) is 0 Å². The SMILES string of the molecule is Cc1ccc(CS(=O)(=O)Nc2ccc3c(c2)CN(S(=O)(=O)c2ccc(C)cc2)CC3)cc1. The van der Waals surface area contributed by atoms with Gasteiger partial charge in [-0.05, 0) is 61.2 Å². The fourth-order valence-electron chi connectivity index (χ4n) is 3.78. The highest BCUT2D eigenvalue weighted by Gasteiger charge is 2.28. The van der Waals surface area contributed by atoms with Gasteiger partial charge in [-0.15, -0.1) is 0 Å². The predicted molar refractivity (Wildman–Crippen MR) is 126 cm³/mol. The fourth-order valence-corrected chi connectivity index (χ4v) is 6.39. The number of nitrogens with zero attached hydrogens (tertiary/aromatic N) is 1. The van der Waals surface area contributed by atoms with Gasteiger partial charge in [-0.2, -0.15) is 4.31 Å². The van der Waals surface area contributed by atoms with Crippen molar-refractivity contribution < 1.29 is 16.8 Å². The number of aryl methyl sites for hydroxylation is 2. The number of anilines is 1. The molecule has 3 aromatic carbocycles. The molecule has 8 heteroatoms. The number of nitrogens with one attached hydrogen (secondary N) is 1. The summed E-state index contributed by atoms with van der Waals surface area (Å²) in [6.45, 7) is 4.46. The van der Waals surface area contributed by atoms with E-state index < -0.39 is 20.0 Å². The Balaban J connectivity index is 1.52. The van der Waals surface area contributed by atoms with E-state index in [1.165, 1.54) is 4.31 Å². The van der Waals surface area contributed by atoms with Crippen molar-refractivity contribution in [3.8, 4) is 0 Å². The zero-order valence-corrected chi connectivity index (χ0v) is 19.7. The van der Waals surface area contributed by atoms with Gasteiger partial charge in [0.05, 0.1) is 10.6 Å². The lowest BCUT2D eigenvalue weighted by atomic mass is 10.0. The quantitative estimate of drug-likeness (QED) is 0.590. The molecule has 0 saturated carbocycles. The number of hydrogen-bond acceptors (Lipinski definition) is 4. The Morgan fingerprint density at radius 3 is 2.09 bits per heavy atom. The first kappa shape index (κ1) is 22.5. The van der Waals surface area contributed by atoms with Gasteiger partial charge < -0.3 is 0 Å². The molecule has 0 aromatic heterocycles. The molecule has 1 aliphatic heterocycles. The minimum absolute atomic E-state index is 0.127. The predicted octanol–water partition coefficient (Wildman–Crippen LogP) is 3.99. The van der Waals surface area contributed by atoms with Gasteiger partial charge in [0.15, 0.2) is 0 Å². The summed E-state index contributed by atoms with van der Waals surface area (Å²) in [6.07, 6.45) is 0.580. The van der Waals surface area contributed by atoms with Crippen LogP contribution in [0.4, 0.5) is 5.69 Å². The molecule has 0 spiro atoms. The molecule has 0 bridgehead atoms. The number of sulfonamides is 2. The van der Waals surface area contributed by atoms with Crippen molar-refractivity contribution in [3.05, 3.63) is 94.5 Å². The van der Waals surface area contributed by atoms with E-state index in [1.807, 2.05) is 32.0 Å². The molecular formula is C24H26N2O4S2. The molecule has 0 atom stereocenters. The smallest absolute Gasteiger partial charge is 0.243 e. The molecule has 168 valence electrons. The van der Waals surface area contributed by atoms with E-state index >= 15 is 0 Å². The van der Waals surface area contributed by atoms with Crippen molar-refractivity contribution >= 4 is 25.7 Å². The van der Waals surface area contributed by atoms with Gasteiger partial charge in [-0.25, -0.2) is 16.8 Å². The first-order valence-corrected chi connectivity index (χ1v) is 13.5. The monoisotopic (exact) mass is 470 g/mol. The molecule has 4 rings (SSSR count). The second kappa shape index (κ2) is 8.69. The molecule has 32 heavy (non-hydrogen) atoms. The summed E-state index contributed by atoms with van der Waals surface area (Å²) in [5.74, 6) is -0.127. The first-order valence-electron chi connectivity index (χ1n) is 10.4. The zero-order chi connectivity index (χ0) is 22.9. The molecule has 1 N–H and O–H groups in total. The maximum atomic E-state index is 13.1. The Hall–Kier alpha value is -2.68.